The van der Waals surface area contributed by atoms with Crippen LogP contribution in [0.3, 0.4) is 0 Å². The highest BCUT2D eigenvalue weighted by atomic mass is 32.2. The number of thioether (sulfide) groups is 1. The van der Waals surface area contributed by atoms with Crippen molar-refractivity contribution in [2.45, 2.75) is 13.3 Å². The van der Waals surface area contributed by atoms with E-state index in [0.717, 1.165) is 24.5 Å². The molecule has 0 aliphatic rings. The van der Waals surface area contributed by atoms with Crippen molar-refractivity contribution >= 4 is 17.7 Å². The molecule has 3 nitrogen and oxygen atoms in total. The standard InChI is InChI=1S/C9H17NO2S/c1-2-12-9(11)5-3-7-13-8-4-6-10/h3,5H,2,4,6-8,10H2,1H3/b5-3+. The molecule has 0 atom stereocenters. The fourth-order valence-corrected chi connectivity index (χ4v) is 1.44. The van der Waals surface area contributed by atoms with Gasteiger partial charge in [0.1, 0.15) is 0 Å². The molecule has 0 unspecified atom stereocenters. The predicted octanol–water partition coefficient (Wildman–Crippen LogP) is 1.19. The SMILES string of the molecule is CCOC(=O)/C=C/CSCCCN. The molecule has 0 aliphatic carbocycles. The maximum absolute atomic E-state index is 10.8. The van der Waals surface area contributed by atoms with Crippen molar-refractivity contribution in [1.82, 2.24) is 0 Å². The molecule has 0 spiro atoms. The van der Waals surface area contributed by atoms with Crippen molar-refractivity contribution in [2.24, 2.45) is 5.73 Å². The summed E-state index contributed by atoms with van der Waals surface area (Å²) in [7, 11) is 0. The highest BCUT2D eigenvalue weighted by Crippen LogP contribution is 2.01. The van der Waals surface area contributed by atoms with Crippen molar-refractivity contribution in [3.05, 3.63) is 12.2 Å². The molecule has 0 amide bonds. The van der Waals surface area contributed by atoms with Crippen LogP contribution < -0.4 is 5.73 Å². The molecule has 2 N–H and O–H groups in total. The third-order valence-corrected chi connectivity index (χ3v) is 2.25. The van der Waals surface area contributed by atoms with Crippen LogP contribution in [0.1, 0.15) is 13.3 Å². The van der Waals surface area contributed by atoms with Crippen molar-refractivity contribution in [3.63, 3.8) is 0 Å². The van der Waals surface area contributed by atoms with E-state index < -0.39 is 0 Å². The van der Waals surface area contributed by atoms with E-state index in [-0.39, 0.29) is 5.97 Å². The van der Waals surface area contributed by atoms with E-state index in [1.807, 2.05) is 6.08 Å². The third-order valence-electron chi connectivity index (χ3n) is 1.25. The lowest BCUT2D eigenvalue weighted by Gasteiger charge is -1.95. The van der Waals surface area contributed by atoms with E-state index in [0.29, 0.717) is 6.61 Å². The normalized spacial score (nSPS) is 10.6. The van der Waals surface area contributed by atoms with Crippen molar-refractivity contribution in [3.8, 4) is 0 Å². The minimum atomic E-state index is -0.262. The topological polar surface area (TPSA) is 52.3 Å². The van der Waals surface area contributed by atoms with Gasteiger partial charge in [0.25, 0.3) is 0 Å². The molecule has 4 heteroatoms. The number of ether oxygens (including phenoxy) is 1. The first-order valence-corrected chi connectivity index (χ1v) is 5.57. The molecule has 0 heterocycles. The minimum absolute atomic E-state index is 0.262. The quantitative estimate of drug-likeness (QED) is 0.383. The number of carbonyl (C=O) groups excluding carboxylic acids is 1. The average Bonchev–Trinajstić information content (AvgIpc) is 2.11. The van der Waals surface area contributed by atoms with Gasteiger partial charge in [-0.05, 0) is 25.6 Å². The largest absolute Gasteiger partial charge is 0.463 e. The van der Waals surface area contributed by atoms with Gasteiger partial charge in [-0.1, -0.05) is 6.08 Å². The Morgan fingerprint density at radius 1 is 1.62 bits per heavy atom. The molecule has 0 bridgehead atoms. The Bertz CT molecular complexity index is 160. The number of rotatable bonds is 7. The second-order valence-corrected chi connectivity index (χ2v) is 3.52. The number of esters is 1. The molecule has 0 rings (SSSR count). The van der Waals surface area contributed by atoms with Gasteiger partial charge >= 0.3 is 5.97 Å². The molecular formula is C9H17NO2S. The maximum Gasteiger partial charge on any atom is 0.330 e. The number of hydrogen-bond acceptors (Lipinski definition) is 4. The Hall–Kier alpha value is -0.480. The fraction of sp³-hybridized carbons (Fsp3) is 0.667. The van der Waals surface area contributed by atoms with Gasteiger partial charge in [-0.25, -0.2) is 4.79 Å². The molecule has 0 radical (unpaired) electrons. The summed E-state index contributed by atoms with van der Waals surface area (Å²) in [4.78, 5) is 10.8. The molecule has 0 fully saturated rings. The van der Waals surface area contributed by atoms with Gasteiger partial charge in [0.15, 0.2) is 0 Å². The molecule has 0 aliphatic heterocycles. The van der Waals surface area contributed by atoms with Gasteiger partial charge in [0.2, 0.25) is 0 Å². The number of hydrogen-bond donors (Lipinski definition) is 1. The van der Waals surface area contributed by atoms with Crippen LogP contribution >= 0.6 is 11.8 Å². The lowest BCUT2D eigenvalue weighted by molar-refractivity contribution is -0.137. The van der Waals surface area contributed by atoms with Crippen molar-refractivity contribution in [1.29, 1.82) is 0 Å². The Kier molecular flexibility index (Phi) is 9.25. The summed E-state index contributed by atoms with van der Waals surface area (Å²) in [6.07, 6.45) is 4.32. The first-order valence-electron chi connectivity index (χ1n) is 4.42. The van der Waals surface area contributed by atoms with Gasteiger partial charge < -0.3 is 10.5 Å². The summed E-state index contributed by atoms with van der Waals surface area (Å²) in [6.45, 7) is 2.96. The summed E-state index contributed by atoms with van der Waals surface area (Å²) < 4.78 is 4.71. The van der Waals surface area contributed by atoms with E-state index >= 15 is 0 Å². The minimum Gasteiger partial charge on any atom is -0.463 e. The number of nitrogens with two attached hydrogens (primary N) is 1. The fourth-order valence-electron chi connectivity index (χ4n) is 0.671. The monoisotopic (exact) mass is 203 g/mol. The van der Waals surface area contributed by atoms with Crippen LogP contribution in [-0.2, 0) is 9.53 Å². The highest BCUT2D eigenvalue weighted by molar-refractivity contribution is 7.99. The average molecular weight is 203 g/mol. The first kappa shape index (κ1) is 12.5. The van der Waals surface area contributed by atoms with Gasteiger partial charge in [0.05, 0.1) is 6.61 Å². The van der Waals surface area contributed by atoms with Crippen molar-refractivity contribution in [2.75, 3.05) is 24.7 Å². The molecule has 0 aromatic heterocycles. The zero-order chi connectivity index (χ0) is 9.94. The van der Waals surface area contributed by atoms with Crippen LogP contribution in [0.2, 0.25) is 0 Å². The molecule has 13 heavy (non-hydrogen) atoms. The van der Waals surface area contributed by atoms with Crippen LogP contribution in [0.5, 0.6) is 0 Å². The predicted molar refractivity (Wildman–Crippen MR) is 56.8 cm³/mol. The molecule has 0 aromatic rings. The first-order chi connectivity index (χ1) is 6.31. The van der Waals surface area contributed by atoms with E-state index in [1.165, 1.54) is 6.08 Å². The van der Waals surface area contributed by atoms with Gasteiger partial charge in [-0.2, -0.15) is 11.8 Å². The Labute approximate surface area is 83.7 Å². The summed E-state index contributed by atoms with van der Waals surface area (Å²) in [5.74, 6) is 1.63. The van der Waals surface area contributed by atoms with E-state index in [4.69, 9.17) is 10.5 Å². The van der Waals surface area contributed by atoms with Crippen molar-refractivity contribution < 1.29 is 9.53 Å². The van der Waals surface area contributed by atoms with E-state index in [1.54, 1.807) is 18.7 Å². The van der Waals surface area contributed by atoms with Crippen LogP contribution in [0.4, 0.5) is 0 Å². The second-order valence-electron chi connectivity index (χ2n) is 2.37. The van der Waals surface area contributed by atoms with Crippen LogP contribution in [0, 0.1) is 0 Å². The van der Waals surface area contributed by atoms with Crippen LogP contribution in [0.15, 0.2) is 12.2 Å². The molecule has 76 valence electrons. The summed E-state index contributed by atoms with van der Waals surface area (Å²) in [5.41, 5.74) is 5.33. The number of carbonyl (C=O) groups is 1. The van der Waals surface area contributed by atoms with Gasteiger partial charge in [-0.15, -0.1) is 0 Å². The smallest absolute Gasteiger partial charge is 0.330 e. The molecule has 0 aromatic carbocycles. The lowest BCUT2D eigenvalue weighted by atomic mass is 10.5. The van der Waals surface area contributed by atoms with E-state index in [2.05, 4.69) is 0 Å². The Balaban J connectivity index is 3.25. The van der Waals surface area contributed by atoms with Gasteiger partial charge in [0, 0.05) is 11.8 Å². The highest BCUT2D eigenvalue weighted by Gasteiger charge is 1.91. The third kappa shape index (κ3) is 9.43. The molecule has 0 saturated carbocycles. The summed E-state index contributed by atoms with van der Waals surface area (Å²) >= 11 is 1.76. The summed E-state index contributed by atoms with van der Waals surface area (Å²) in [6, 6.07) is 0. The second kappa shape index (κ2) is 9.61. The zero-order valence-electron chi connectivity index (χ0n) is 7.99. The molecule has 0 saturated heterocycles. The lowest BCUT2D eigenvalue weighted by Crippen LogP contribution is -2.00. The summed E-state index contributed by atoms with van der Waals surface area (Å²) in [5, 5.41) is 0. The Morgan fingerprint density at radius 2 is 2.38 bits per heavy atom. The Morgan fingerprint density at radius 3 is 3.00 bits per heavy atom. The maximum atomic E-state index is 10.8. The molecular weight excluding hydrogens is 186 g/mol. The van der Waals surface area contributed by atoms with Gasteiger partial charge in [-0.3, -0.25) is 0 Å². The van der Waals surface area contributed by atoms with Crippen LogP contribution in [0.25, 0.3) is 0 Å². The van der Waals surface area contributed by atoms with Crippen LogP contribution in [-0.4, -0.2) is 30.6 Å². The zero-order valence-corrected chi connectivity index (χ0v) is 8.81. The van der Waals surface area contributed by atoms with E-state index in [9.17, 15) is 4.79 Å².